The van der Waals surface area contributed by atoms with Crippen molar-refractivity contribution in [3.8, 4) is 17.2 Å². The van der Waals surface area contributed by atoms with Crippen LogP contribution in [0.2, 0.25) is 0 Å². The Bertz CT molecular complexity index is 996. The maximum absolute atomic E-state index is 13.8. The summed E-state index contributed by atoms with van der Waals surface area (Å²) in [5.41, 5.74) is 2.22. The van der Waals surface area contributed by atoms with Crippen LogP contribution < -0.4 is 19.5 Å². The van der Waals surface area contributed by atoms with Crippen molar-refractivity contribution < 1.29 is 23.4 Å². The summed E-state index contributed by atoms with van der Waals surface area (Å²) in [6, 6.07) is 13.6. The fraction of sp³-hybridized carbons (Fsp3) is 0.217. The SMILES string of the molecule is COc1ccc(CCC(=O)Nc2ccc(OC)c(OCc3cccnc3)c2)cc1F. The van der Waals surface area contributed by atoms with Crippen molar-refractivity contribution in [2.45, 2.75) is 19.4 Å². The van der Waals surface area contributed by atoms with Gasteiger partial charge in [0, 0.05) is 36.1 Å². The van der Waals surface area contributed by atoms with E-state index in [4.69, 9.17) is 14.2 Å². The van der Waals surface area contributed by atoms with Crippen LogP contribution in [0, 0.1) is 5.82 Å². The zero-order valence-electron chi connectivity index (χ0n) is 16.9. The molecule has 3 rings (SSSR count). The van der Waals surface area contributed by atoms with Crippen LogP contribution in [0.3, 0.4) is 0 Å². The molecule has 7 heteroatoms. The van der Waals surface area contributed by atoms with Crippen molar-refractivity contribution in [1.29, 1.82) is 0 Å². The number of pyridine rings is 1. The first kappa shape index (κ1) is 21.1. The molecule has 156 valence electrons. The van der Waals surface area contributed by atoms with E-state index in [2.05, 4.69) is 10.3 Å². The minimum atomic E-state index is -0.444. The molecule has 1 heterocycles. The van der Waals surface area contributed by atoms with Crippen LogP contribution in [0.4, 0.5) is 10.1 Å². The standard InChI is InChI=1S/C23H23FN2O4/c1-28-20-8-5-16(12-19(20)24)6-10-23(27)26-18-7-9-21(29-2)22(13-18)30-15-17-4-3-11-25-14-17/h3-5,7-9,11-14H,6,10,15H2,1-2H3,(H,26,27). The Morgan fingerprint density at radius 1 is 1.00 bits per heavy atom. The number of benzene rings is 2. The molecule has 0 bridgehead atoms. The van der Waals surface area contributed by atoms with Crippen LogP contribution >= 0.6 is 0 Å². The fourth-order valence-corrected chi connectivity index (χ4v) is 2.86. The quantitative estimate of drug-likeness (QED) is 0.567. The molecule has 0 saturated carbocycles. The highest BCUT2D eigenvalue weighted by molar-refractivity contribution is 5.91. The second kappa shape index (κ2) is 10.2. The topological polar surface area (TPSA) is 69.7 Å². The summed E-state index contributed by atoms with van der Waals surface area (Å²) in [7, 11) is 2.97. The zero-order chi connectivity index (χ0) is 21.3. The van der Waals surface area contributed by atoms with Crippen molar-refractivity contribution in [1.82, 2.24) is 4.98 Å². The minimum absolute atomic E-state index is 0.181. The van der Waals surface area contributed by atoms with Gasteiger partial charge in [0.05, 0.1) is 14.2 Å². The summed E-state index contributed by atoms with van der Waals surface area (Å²) in [5, 5.41) is 2.83. The lowest BCUT2D eigenvalue weighted by atomic mass is 10.1. The molecule has 0 saturated heterocycles. The van der Waals surface area contributed by atoms with E-state index in [0.29, 0.717) is 30.2 Å². The number of ether oxygens (including phenoxy) is 3. The molecule has 0 atom stereocenters. The number of methoxy groups -OCH3 is 2. The minimum Gasteiger partial charge on any atom is -0.494 e. The lowest BCUT2D eigenvalue weighted by Crippen LogP contribution is -2.12. The number of anilines is 1. The van der Waals surface area contributed by atoms with E-state index in [-0.39, 0.29) is 18.1 Å². The van der Waals surface area contributed by atoms with Crippen molar-refractivity contribution >= 4 is 11.6 Å². The zero-order valence-corrected chi connectivity index (χ0v) is 16.9. The molecule has 0 radical (unpaired) electrons. The van der Waals surface area contributed by atoms with Gasteiger partial charge >= 0.3 is 0 Å². The number of nitrogens with zero attached hydrogens (tertiary/aromatic N) is 1. The highest BCUT2D eigenvalue weighted by Crippen LogP contribution is 2.31. The molecule has 30 heavy (non-hydrogen) atoms. The second-order valence-corrected chi connectivity index (χ2v) is 6.53. The Labute approximate surface area is 174 Å². The van der Waals surface area contributed by atoms with Crippen LogP contribution in [0.25, 0.3) is 0 Å². The molecule has 6 nitrogen and oxygen atoms in total. The molecule has 0 spiro atoms. The molecular weight excluding hydrogens is 387 g/mol. The van der Waals surface area contributed by atoms with Crippen molar-refractivity contribution in [2.75, 3.05) is 19.5 Å². The van der Waals surface area contributed by atoms with Gasteiger partial charge in [0.2, 0.25) is 5.91 Å². The van der Waals surface area contributed by atoms with Crippen LogP contribution in [-0.2, 0) is 17.8 Å². The van der Waals surface area contributed by atoms with E-state index in [9.17, 15) is 9.18 Å². The van der Waals surface area contributed by atoms with Gasteiger partial charge in [-0.05, 0) is 42.3 Å². The van der Waals surface area contributed by atoms with Gasteiger partial charge in [-0.15, -0.1) is 0 Å². The van der Waals surface area contributed by atoms with E-state index in [1.807, 2.05) is 12.1 Å². The normalized spacial score (nSPS) is 10.4. The predicted molar refractivity (Wildman–Crippen MR) is 111 cm³/mol. The maximum Gasteiger partial charge on any atom is 0.224 e. The number of carbonyl (C=O) groups is 1. The summed E-state index contributed by atoms with van der Waals surface area (Å²) in [6.45, 7) is 0.324. The highest BCUT2D eigenvalue weighted by atomic mass is 19.1. The predicted octanol–water partition coefficient (Wildman–Crippen LogP) is 4.39. The van der Waals surface area contributed by atoms with Gasteiger partial charge in [0.15, 0.2) is 23.1 Å². The molecule has 0 aliphatic carbocycles. The van der Waals surface area contributed by atoms with Crippen LogP contribution in [0.1, 0.15) is 17.5 Å². The number of aryl methyl sites for hydroxylation is 1. The van der Waals surface area contributed by atoms with E-state index < -0.39 is 5.82 Å². The molecule has 1 amide bonds. The summed E-state index contributed by atoms with van der Waals surface area (Å²) in [4.78, 5) is 16.4. The second-order valence-electron chi connectivity index (χ2n) is 6.53. The first-order chi connectivity index (χ1) is 14.6. The Morgan fingerprint density at radius 2 is 1.80 bits per heavy atom. The van der Waals surface area contributed by atoms with E-state index in [0.717, 1.165) is 11.1 Å². The number of nitrogens with one attached hydrogen (secondary N) is 1. The largest absolute Gasteiger partial charge is 0.494 e. The lowest BCUT2D eigenvalue weighted by molar-refractivity contribution is -0.116. The van der Waals surface area contributed by atoms with E-state index in [1.165, 1.54) is 13.2 Å². The molecule has 0 fully saturated rings. The fourth-order valence-electron chi connectivity index (χ4n) is 2.86. The Hall–Kier alpha value is -3.61. The van der Waals surface area contributed by atoms with Gasteiger partial charge in [-0.1, -0.05) is 12.1 Å². The number of aromatic nitrogens is 1. The van der Waals surface area contributed by atoms with E-state index >= 15 is 0 Å². The van der Waals surface area contributed by atoms with Crippen LogP contribution in [-0.4, -0.2) is 25.1 Å². The van der Waals surface area contributed by atoms with Gasteiger partial charge < -0.3 is 19.5 Å². The molecule has 2 aromatic carbocycles. The third kappa shape index (κ3) is 5.70. The smallest absolute Gasteiger partial charge is 0.224 e. The number of carbonyl (C=O) groups excluding carboxylic acids is 1. The van der Waals surface area contributed by atoms with Crippen molar-refractivity contribution in [2.24, 2.45) is 0 Å². The summed E-state index contributed by atoms with van der Waals surface area (Å²) in [6.07, 6.45) is 4.04. The molecule has 3 aromatic rings. The molecule has 1 aromatic heterocycles. The Balaban J connectivity index is 1.60. The molecular formula is C23H23FN2O4. The first-order valence-electron chi connectivity index (χ1n) is 9.41. The third-order valence-corrected chi connectivity index (χ3v) is 4.42. The molecule has 0 unspecified atom stereocenters. The lowest BCUT2D eigenvalue weighted by Gasteiger charge is -2.13. The molecule has 0 aliphatic heterocycles. The number of halogens is 1. The third-order valence-electron chi connectivity index (χ3n) is 4.42. The van der Waals surface area contributed by atoms with Crippen molar-refractivity contribution in [3.05, 3.63) is 77.9 Å². The first-order valence-corrected chi connectivity index (χ1v) is 9.41. The molecule has 0 aliphatic rings. The van der Waals surface area contributed by atoms with Crippen LogP contribution in [0.15, 0.2) is 60.9 Å². The summed E-state index contributed by atoms with van der Waals surface area (Å²) in [5.74, 6) is 0.623. The Morgan fingerprint density at radius 3 is 2.50 bits per heavy atom. The molecule has 1 N–H and O–H groups in total. The van der Waals surface area contributed by atoms with Gasteiger partial charge in [-0.3, -0.25) is 9.78 Å². The maximum atomic E-state index is 13.8. The Kier molecular flexibility index (Phi) is 7.21. The number of amides is 1. The summed E-state index contributed by atoms with van der Waals surface area (Å²) >= 11 is 0. The summed E-state index contributed by atoms with van der Waals surface area (Å²) < 4.78 is 29.8. The van der Waals surface area contributed by atoms with Crippen molar-refractivity contribution in [3.63, 3.8) is 0 Å². The highest BCUT2D eigenvalue weighted by Gasteiger charge is 2.10. The van der Waals surface area contributed by atoms with E-state index in [1.54, 1.807) is 49.8 Å². The van der Waals surface area contributed by atoms with Gasteiger partial charge in [0.25, 0.3) is 0 Å². The average Bonchev–Trinajstić information content (AvgIpc) is 2.77. The monoisotopic (exact) mass is 410 g/mol. The number of hydrogen-bond acceptors (Lipinski definition) is 5. The van der Waals surface area contributed by atoms with Gasteiger partial charge in [-0.25, -0.2) is 4.39 Å². The average molecular weight is 410 g/mol. The number of hydrogen-bond donors (Lipinski definition) is 1. The number of rotatable bonds is 9. The van der Waals surface area contributed by atoms with Crippen LogP contribution in [0.5, 0.6) is 17.2 Å². The van der Waals surface area contributed by atoms with Gasteiger partial charge in [0.1, 0.15) is 6.61 Å². The van der Waals surface area contributed by atoms with Gasteiger partial charge in [-0.2, -0.15) is 0 Å².